The molecule has 3 aromatic carbocycles. The third-order valence-corrected chi connectivity index (χ3v) is 7.34. The van der Waals surface area contributed by atoms with Crippen LogP contribution in [0.15, 0.2) is 72.8 Å². The third kappa shape index (κ3) is 5.14. The average molecular weight is 581 g/mol. The topological polar surface area (TPSA) is 140 Å². The van der Waals surface area contributed by atoms with Crippen LogP contribution in [0.4, 0.5) is 0 Å². The van der Waals surface area contributed by atoms with Crippen LogP contribution >= 0.6 is 0 Å². The van der Waals surface area contributed by atoms with E-state index in [1.807, 2.05) is 0 Å². The maximum atomic E-state index is 12.7. The van der Waals surface area contributed by atoms with Gasteiger partial charge in [-0.3, -0.25) is 43.5 Å². The zero-order valence-corrected chi connectivity index (χ0v) is 22.8. The lowest BCUT2D eigenvalue weighted by Crippen LogP contribution is -2.40. The highest BCUT2D eigenvalue weighted by Gasteiger charge is 2.38. The van der Waals surface area contributed by atoms with E-state index in [4.69, 9.17) is 14.0 Å². The number of carbonyl (C=O) groups excluding carboxylic acids is 6. The molecule has 3 aliphatic heterocycles. The maximum absolute atomic E-state index is 12.7. The van der Waals surface area contributed by atoms with Crippen LogP contribution in [0.25, 0.3) is 0 Å². The van der Waals surface area contributed by atoms with Gasteiger partial charge in [0.15, 0.2) is 0 Å². The van der Waals surface area contributed by atoms with Crippen molar-refractivity contribution < 1.29 is 42.7 Å². The lowest BCUT2D eigenvalue weighted by atomic mass is 10.1. The molecule has 0 aromatic heterocycles. The summed E-state index contributed by atoms with van der Waals surface area (Å²) < 4.78 is 17.1. The minimum absolute atomic E-state index is 0.0909. The molecule has 0 saturated heterocycles. The molecule has 13 heteroatoms. The summed E-state index contributed by atoms with van der Waals surface area (Å²) in [5.41, 5.74) is 1.82. The third-order valence-electron chi connectivity index (χ3n) is 7.34. The first-order chi connectivity index (χ1) is 20.9. The van der Waals surface area contributed by atoms with Crippen LogP contribution in [-0.4, -0.2) is 96.9 Å². The molecule has 3 aromatic rings. The van der Waals surface area contributed by atoms with Gasteiger partial charge in [-0.05, 0) is 36.4 Å². The Balaban J connectivity index is 1.06. The summed E-state index contributed by atoms with van der Waals surface area (Å²) in [6.07, 6.45) is 0. The van der Waals surface area contributed by atoms with Gasteiger partial charge in [0.05, 0.1) is 72.8 Å². The van der Waals surface area contributed by atoms with E-state index in [1.54, 1.807) is 72.8 Å². The number of fused-ring (bicyclic) bond motifs is 3. The van der Waals surface area contributed by atoms with E-state index >= 15 is 0 Å². The quantitative estimate of drug-likeness (QED) is 0.232. The second-order valence-electron chi connectivity index (χ2n) is 9.82. The number of amides is 6. The first kappa shape index (κ1) is 28.2. The van der Waals surface area contributed by atoms with Crippen molar-refractivity contribution in [3.63, 3.8) is 0 Å². The highest BCUT2D eigenvalue weighted by molar-refractivity contribution is 6.36. The van der Waals surface area contributed by atoms with Crippen LogP contribution in [0, 0.1) is 0 Å². The summed E-state index contributed by atoms with van der Waals surface area (Å²) in [5.74, 6) is -2.67. The van der Waals surface area contributed by atoms with Crippen LogP contribution in [0.1, 0.15) is 62.1 Å². The molecule has 6 rings (SSSR count). The molecule has 3 heterocycles. The molecule has 0 radical (unpaired) electrons. The summed E-state index contributed by atoms with van der Waals surface area (Å²) in [4.78, 5) is 79.2. The molecule has 0 N–H and O–H groups in total. The fourth-order valence-electron chi connectivity index (χ4n) is 5.19. The van der Waals surface area contributed by atoms with Crippen molar-refractivity contribution in [1.82, 2.24) is 14.7 Å². The van der Waals surface area contributed by atoms with Gasteiger partial charge in [-0.15, -0.1) is 0 Å². The molecule has 43 heavy (non-hydrogen) atoms. The number of carbonyl (C=O) groups is 6. The van der Waals surface area contributed by atoms with E-state index in [2.05, 4.69) is 0 Å². The van der Waals surface area contributed by atoms with E-state index in [1.165, 1.54) is 0 Å². The van der Waals surface area contributed by atoms with Gasteiger partial charge in [0.2, 0.25) is 0 Å². The van der Waals surface area contributed by atoms with Crippen molar-refractivity contribution in [3.8, 4) is 0 Å². The highest BCUT2D eigenvalue weighted by Crippen LogP contribution is 2.24. The lowest BCUT2D eigenvalue weighted by Gasteiger charge is -2.20. The zero-order chi connectivity index (χ0) is 30.1. The monoisotopic (exact) mass is 581 g/mol. The molecule has 216 valence electrons. The van der Waals surface area contributed by atoms with Crippen molar-refractivity contribution in [2.75, 3.05) is 39.5 Å². The molecule has 0 atom stereocenters. The largest absolute Gasteiger partial charge is 0.639 e. The van der Waals surface area contributed by atoms with Crippen molar-refractivity contribution in [2.45, 2.75) is 0 Å². The molecule has 0 fully saturated rings. The Kier molecular flexibility index (Phi) is 7.68. The SMILES string of the molecule is O=C1c2ccccc2C(=O)N1CCOB(OCCN1C(=O)c2ccccc2C1=O)OCCN1C(=O)c2ccccc2C1=O. The molecular weight excluding hydrogens is 557 g/mol. The summed E-state index contributed by atoms with van der Waals surface area (Å²) in [7, 11) is -1.36. The highest BCUT2D eigenvalue weighted by atomic mass is 16.7. The van der Waals surface area contributed by atoms with Crippen LogP contribution < -0.4 is 0 Å². The second-order valence-corrected chi connectivity index (χ2v) is 9.82. The molecular formula is C30H24BN3O9. The van der Waals surface area contributed by atoms with Crippen LogP contribution in [0.3, 0.4) is 0 Å². The Morgan fingerprint density at radius 2 is 0.605 bits per heavy atom. The lowest BCUT2D eigenvalue weighted by molar-refractivity contribution is 0.0480. The number of benzene rings is 3. The molecule has 3 aliphatic rings. The summed E-state index contributed by atoms with van der Waals surface area (Å²) >= 11 is 0. The number of hydrogen-bond donors (Lipinski definition) is 0. The van der Waals surface area contributed by atoms with E-state index < -0.39 is 42.8 Å². The molecule has 0 aliphatic carbocycles. The second kappa shape index (κ2) is 11.7. The number of rotatable bonds is 12. The zero-order valence-electron chi connectivity index (χ0n) is 22.8. The van der Waals surface area contributed by atoms with Gasteiger partial charge in [0.25, 0.3) is 35.4 Å². The summed E-state index contributed by atoms with van der Waals surface area (Å²) in [6.45, 7) is -0.742. The van der Waals surface area contributed by atoms with Gasteiger partial charge in [0, 0.05) is 0 Å². The van der Waals surface area contributed by atoms with Crippen LogP contribution in [0.5, 0.6) is 0 Å². The predicted molar refractivity (Wildman–Crippen MR) is 149 cm³/mol. The van der Waals surface area contributed by atoms with Crippen LogP contribution in [-0.2, 0) is 14.0 Å². The van der Waals surface area contributed by atoms with E-state index in [-0.39, 0.29) is 39.5 Å². The maximum Gasteiger partial charge on any atom is 0.639 e. The fourth-order valence-corrected chi connectivity index (χ4v) is 5.19. The Labute approximate surface area is 245 Å². The van der Waals surface area contributed by atoms with Gasteiger partial charge in [-0.25, -0.2) is 0 Å². The van der Waals surface area contributed by atoms with E-state index in [0.29, 0.717) is 33.4 Å². The minimum Gasteiger partial charge on any atom is -0.384 e. The summed E-state index contributed by atoms with van der Waals surface area (Å²) in [5, 5.41) is 0. The van der Waals surface area contributed by atoms with Gasteiger partial charge in [0.1, 0.15) is 0 Å². The van der Waals surface area contributed by atoms with E-state index in [9.17, 15) is 28.8 Å². The van der Waals surface area contributed by atoms with Crippen molar-refractivity contribution in [3.05, 3.63) is 106 Å². The van der Waals surface area contributed by atoms with Gasteiger partial charge in [-0.1, -0.05) is 36.4 Å². The first-order valence-electron chi connectivity index (χ1n) is 13.6. The predicted octanol–water partition coefficient (Wildman–Crippen LogP) is 1.91. The Hall–Kier alpha value is -4.98. The molecule has 0 spiro atoms. The smallest absolute Gasteiger partial charge is 0.384 e. The molecule has 6 amide bonds. The van der Waals surface area contributed by atoms with Crippen molar-refractivity contribution >= 4 is 42.8 Å². The minimum atomic E-state index is -1.36. The van der Waals surface area contributed by atoms with Crippen molar-refractivity contribution in [2.24, 2.45) is 0 Å². The Morgan fingerprint density at radius 3 is 0.814 bits per heavy atom. The van der Waals surface area contributed by atoms with Gasteiger partial charge < -0.3 is 14.0 Å². The molecule has 0 saturated carbocycles. The van der Waals surface area contributed by atoms with E-state index in [0.717, 1.165) is 14.7 Å². The van der Waals surface area contributed by atoms with Crippen molar-refractivity contribution in [1.29, 1.82) is 0 Å². The first-order valence-corrected chi connectivity index (χ1v) is 13.6. The molecule has 12 nitrogen and oxygen atoms in total. The average Bonchev–Trinajstić information content (AvgIpc) is 3.53. The molecule has 0 unspecified atom stereocenters. The number of nitrogens with zero attached hydrogens (tertiary/aromatic N) is 3. The van der Waals surface area contributed by atoms with Gasteiger partial charge >= 0.3 is 7.32 Å². The Morgan fingerprint density at radius 1 is 0.395 bits per heavy atom. The molecule has 0 bridgehead atoms. The number of hydrogen-bond acceptors (Lipinski definition) is 9. The fraction of sp³-hybridized carbons (Fsp3) is 0.200. The van der Waals surface area contributed by atoms with Crippen LogP contribution in [0.2, 0.25) is 0 Å². The number of imide groups is 3. The normalized spacial score (nSPS) is 15.5. The van der Waals surface area contributed by atoms with Gasteiger partial charge in [-0.2, -0.15) is 0 Å². The summed E-state index contributed by atoms with van der Waals surface area (Å²) in [6, 6.07) is 19.5. The Bertz CT molecular complexity index is 1380. The standard InChI is InChI=1S/C30H24BN3O9/c35-25-19-7-1-2-8-20(19)26(36)32(25)13-16-41-31(42-17-14-33-27(37)21-9-3-4-10-22(21)28(33)38)43-18-15-34-29(39)23-11-5-6-12-24(23)30(34)40/h1-12H,13-18H2.